The smallest absolute Gasteiger partial charge is 0.191 e. The number of likely N-dealkylation sites (N-methyl/N-ethyl adjacent to an activating group) is 1. The van der Waals surface area contributed by atoms with Crippen LogP contribution < -0.4 is 10.6 Å². The molecule has 19 heavy (non-hydrogen) atoms. The molecule has 0 heterocycles. The fourth-order valence-electron chi connectivity index (χ4n) is 1.48. The monoisotopic (exact) mass is 386 g/mol. The van der Waals surface area contributed by atoms with Crippen molar-refractivity contribution in [1.29, 1.82) is 0 Å². The Balaban J connectivity index is 0. The van der Waals surface area contributed by atoms with Gasteiger partial charge in [0.25, 0.3) is 0 Å². The standard InChI is InChI=1S/C13H30N4O.HI/c1-6-14-13(16-12(2)3)15-8-7-9-17(4)10-11-18-5;/h12H,6-11H2,1-5H3,(H2,14,15,16);1H. The molecule has 116 valence electrons. The number of hydrogen-bond donors (Lipinski definition) is 2. The number of ether oxygens (including phenoxy) is 1. The minimum Gasteiger partial charge on any atom is -0.383 e. The van der Waals surface area contributed by atoms with Gasteiger partial charge in [-0.05, 0) is 40.8 Å². The SMILES string of the molecule is CCNC(=NCCCN(C)CCOC)NC(C)C.I. The number of nitrogens with zero attached hydrogens (tertiary/aromatic N) is 2. The molecule has 0 aromatic rings. The number of rotatable bonds is 9. The van der Waals surface area contributed by atoms with Crippen molar-refractivity contribution in [2.45, 2.75) is 33.2 Å². The highest BCUT2D eigenvalue weighted by molar-refractivity contribution is 14.0. The van der Waals surface area contributed by atoms with Gasteiger partial charge in [0, 0.05) is 32.8 Å². The van der Waals surface area contributed by atoms with E-state index >= 15 is 0 Å². The summed E-state index contributed by atoms with van der Waals surface area (Å²) in [5, 5.41) is 6.55. The summed E-state index contributed by atoms with van der Waals surface area (Å²) in [7, 11) is 3.85. The minimum atomic E-state index is 0. The molecule has 0 spiro atoms. The second kappa shape index (κ2) is 14.3. The van der Waals surface area contributed by atoms with E-state index in [1.807, 2.05) is 0 Å². The molecule has 0 bridgehead atoms. The highest BCUT2D eigenvalue weighted by atomic mass is 127. The van der Waals surface area contributed by atoms with Crippen molar-refractivity contribution in [1.82, 2.24) is 15.5 Å². The van der Waals surface area contributed by atoms with Gasteiger partial charge in [0.15, 0.2) is 5.96 Å². The van der Waals surface area contributed by atoms with Crippen LogP contribution in [0.1, 0.15) is 27.2 Å². The van der Waals surface area contributed by atoms with Crippen LogP contribution in [-0.4, -0.2) is 63.8 Å². The van der Waals surface area contributed by atoms with Gasteiger partial charge in [-0.25, -0.2) is 0 Å². The van der Waals surface area contributed by atoms with E-state index in [0.717, 1.165) is 45.2 Å². The second-order valence-electron chi connectivity index (χ2n) is 4.71. The number of hydrogen-bond acceptors (Lipinski definition) is 3. The van der Waals surface area contributed by atoms with Gasteiger partial charge in [-0.15, -0.1) is 24.0 Å². The van der Waals surface area contributed by atoms with Crippen molar-refractivity contribution in [2.24, 2.45) is 4.99 Å². The summed E-state index contributed by atoms with van der Waals surface area (Å²) in [6.45, 7) is 10.9. The third-order valence-electron chi connectivity index (χ3n) is 2.41. The lowest BCUT2D eigenvalue weighted by Gasteiger charge is -2.16. The Morgan fingerprint density at radius 2 is 2.00 bits per heavy atom. The lowest BCUT2D eigenvalue weighted by atomic mass is 10.4. The van der Waals surface area contributed by atoms with Crippen LogP contribution in [0.5, 0.6) is 0 Å². The highest BCUT2D eigenvalue weighted by Crippen LogP contribution is 1.89. The lowest BCUT2D eigenvalue weighted by Crippen LogP contribution is -2.41. The third-order valence-corrected chi connectivity index (χ3v) is 2.41. The van der Waals surface area contributed by atoms with E-state index in [1.54, 1.807) is 7.11 Å². The Bertz CT molecular complexity index is 225. The van der Waals surface area contributed by atoms with Gasteiger partial charge >= 0.3 is 0 Å². The van der Waals surface area contributed by atoms with Gasteiger partial charge in [0.2, 0.25) is 0 Å². The average Bonchev–Trinajstić information content (AvgIpc) is 2.31. The molecule has 0 aliphatic heterocycles. The van der Waals surface area contributed by atoms with Crippen molar-refractivity contribution < 1.29 is 4.74 Å². The largest absolute Gasteiger partial charge is 0.383 e. The fourth-order valence-corrected chi connectivity index (χ4v) is 1.48. The number of methoxy groups -OCH3 is 1. The molecular formula is C13H31IN4O. The normalized spacial score (nSPS) is 11.6. The maximum Gasteiger partial charge on any atom is 0.191 e. The van der Waals surface area contributed by atoms with Crippen LogP contribution >= 0.6 is 24.0 Å². The topological polar surface area (TPSA) is 48.9 Å². The molecule has 6 heteroatoms. The Kier molecular flexibility index (Phi) is 16.0. The molecule has 0 fully saturated rings. The molecule has 0 amide bonds. The van der Waals surface area contributed by atoms with Crippen LogP contribution in [0.3, 0.4) is 0 Å². The lowest BCUT2D eigenvalue weighted by molar-refractivity contribution is 0.161. The average molecular weight is 386 g/mol. The molecule has 0 aromatic heterocycles. The summed E-state index contributed by atoms with van der Waals surface area (Å²) >= 11 is 0. The maximum absolute atomic E-state index is 5.04. The number of aliphatic imine (C=N–C) groups is 1. The molecule has 0 radical (unpaired) electrons. The zero-order valence-corrected chi connectivity index (χ0v) is 15.4. The summed E-state index contributed by atoms with van der Waals surface area (Å²) in [6.07, 6.45) is 1.06. The van der Waals surface area contributed by atoms with Gasteiger partial charge in [-0.3, -0.25) is 4.99 Å². The zero-order valence-electron chi connectivity index (χ0n) is 13.0. The van der Waals surface area contributed by atoms with E-state index in [-0.39, 0.29) is 24.0 Å². The van der Waals surface area contributed by atoms with E-state index < -0.39 is 0 Å². The van der Waals surface area contributed by atoms with E-state index in [4.69, 9.17) is 4.74 Å². The molecule has 5 nitrogen and oxygen atoms in total. The molecule has 0 unspecified atom stereocenters. The van der Waals surface area contributed by atoms with Gasteiger partial charge in [-0.1, -0.05) is 0 Å². The molecule has 0 aliphatic carbocycles. The number of nitrogens with one attached hydrogen (secondary N) is 2. The van der Waals surface area contributed by atoms with Crippen LogP contribution in [0.4, 0.5) is 0 Å². The summed E-state index contributed by atoms with van der Waals surface area (Å²) in [4.78, 5) is 6.81. The Hall–Kier alpha value is -0.0800. The second-order valence-corrected chi connectivity index (χ2v) is 4.71. The molecule has 0 saturated heterocycles. The summed E-state index contributed by atoms with van der Waals surface area (Å²) in [5.74, 6) is 0.909. The van der Waals surface area contributed by atoms with Gasteiger partial charge < -0.3 is 20.3 Å². The molecule has 0 saturated carbocycles. The quantitative estimate of drug-likeness (QED) is 0.273. The first-order valence-corrected chi connectivity index (χ1v) is 6.82. The molecule has 0 atom stereocenters. The minimum absolute atomic E-state index is 0. The summed E-state index contributed by atoms with van der Waals surface area (Å²) in [6, 6.07) is 0.409. The van der Waals surface area contributed by atoms with E-state index in [2.05, 4.69) is 48.3 Å². The van der Waals surface area contributed by atoms with Crippen molar-refractivity contribution in [3.05, 3.63) is 0 Å². The van der Waals surface area contributed by atoms with Crippen LogP contribution in [0.25, 0.3) is 0 Å². The molecule has 0 aromatic carbocycles. The van der Waals surface area contributed by atoms with E-state index in [9.17, 15) is 0 Å². The fraction of sp³-hybridized carbons (Fsp3) is 0.923. The Labute approximate surface area is 135 Å². The van der Waals surface area contributed by atoms with Crippen LogP contribution in [0.2, 0.25) is 0 Å². The number of halogens is 1. The van der Waals surface area contributed by atoms with Gasteiger partial charge in [0.1, 0.15) is 0 Å². The van der Waals surface area contributed by atoms with Crippen LogP contribution in [0, 0.1) is 0 Å². The zero-order chi connectivity index (χ0) is 13.8. The Morgan fingerprint density at radius 3 is 2.53 bits per heavy atom. The van der Waals surface area contributed by atoms with Crippen molar-refractivity contribution >= 4 is 29.9 Å². The van der Waals surface area contributed by atoms with Gasteiger partial charge in [-0.2, -0.15) is 0 Å². The van der Waals surface area contributed by atoms with Crippen molar-refractivity contribution in [2.75, 3.05) is 46.9 Å². The highest BCUT2D eigenvalue weighted by Gasteiger charge is 2.00. The predicted octanol–water partition coefficient (Wildman–Crippen LogP) is 1.54. The summed E-state index contributed by atoms with van der Waals surface area (Å²) in [5.41, 5.74) is 0. The number of guanidine groups is 1. The van der Waals surface area contributed by atoms with Crippen molar-refractivity contribution in [3.63, 3.8) is 0 Å². The first kappa shape index (κ1) is 21.2. The van der Waals surface area contributed by atoms with Crippen LogP contribution in [-0.2, 0) is 4.74 Å². The Morgan fingerprint density at radius 1 is 1.32 bits per heavy atom. The maximum atomic E-state index is 5.04. The van der Waals surface area contributed by atoms with Gasteiger partial charge in [0.05, 0.1) is 6.61 Å². The first-order valence-electron chi connectivity index (χ1n) is 6.82. The molecule has 2 N–H and O–H groups in total. The molecule has 0 rings (SSSR count). The van der Waals surface area contributed by atoms with Crippen molar-refractivity contribution in [3.8, 4) is 0 Å². The first-order chi connectivity index (χ1) is 8.60. The van der Waals surface area contributed by atoms with E-state index in [0.29, 0.717) is 6.04 Å². The van der Waals surface area contributed by atoms with E-state index in [1.165, 1.54) is 0 Å². The molecule has 0 aliphatic rings. The molecular weight excluding hydrogens is 355 g/mol. The predicted molar refractivity (Wildman–Crippen MR) is 93.7 cm³/mol. The third kappa shape index (κ3) is 14.1. The summed E-state index contributed by atoms with van der Waals surface area (Å²) < 4.78 is 5.04. The van der Waals surface area contributed by atoms with Crippen LogP contribution in [0.15, 0.2) is 4.99 Å².